The van der Waals surface area contributed by atoms with Crippen LogP contribution in [-0.2, 0) is 0 Å². The molecule has 0 bridgehead atoms. The van der Waals surface area contributed by atoms with Gasteiger partial charge in [0.05, 0.1) is 17.7 Å². The lowest BCUT2D eigenvalue weighted by Crippen LogP contribution is -1.87. The minimum absolute atomic E-state index is 0.0371. The van der Waals surface area contributed by atoms with Crippen LogP contribution in [0.1, 0.15) is 0 Å². The number of non-ortho nitro benzene ring substituents is 1. The number of aromatic amines is 1. The fourth-order valence-electron chi connectivity index (χ4n) is 2.12. The maximum absolute atomic E-state index is 10.7. The molecule has 0 unspecified atom stereocenters. The molecule has 0 spiro atoms. The highest BCUT2D eigenvalue weighted by Gasteiger charge is 2.15. The molecular weight excluding hydrogens is 326 g/mol. The van der Waals surface area contributed by atoms with Crippen molar-refractivity contribution in [1.29, 1.82) is 0 Å². The monoisotopic (exact) mass is 339 g/mol. The molecule has 1 aromatic heterocycles. The van der Waals surface area contributed by atoms with Crippen molar-refractivity contribution in [2.75, 3.05) is 7.11 Å². The first kappa shape index (κ1) is 16.1. The highest BCUT2D eigenvalue weighted by atomic mass is 16.6. The lowest BCUT2D eigenvalue weighted by molar-refractivity contribution is -0.384. The first-order valence-corrected chi connectivity index (χ1v) is 7.16. The molecule has 9 heteroatoms. The van der Waals surface area contributed by atoms with Gasteiger partial charge in [0.2, 0.25) is 5.88 Å². The third-order valence-electron chi connectivity index (χ3n) is 3.41. The van der Waals surface area contributed by atoms with Gasteiger partial charge in [-0.3, -0.25) is 10.1 Å². The average Bonchev–Trinajstić information content (AvgIpc) is 3.01. The predicted octanol–water partition coefficient (Wildman–Crippen LogP) is 4.11. The van der Waals surface area contributed by atoms with Crippen molar-refractivity contribution < 1.29 is 14.8 Å². The van der Waals surface area contributed by atoms with Gasteiger partial charge in [-0.15, -0.1) is 5.11 Å². The molecule has 3 aromatic rings. The Labute approximate surface area is 141 Å². The Morgan fingerprint density at radius 2 is 1.80 bits per heavy atom. The summed E-state index contributed by atoms with van der Waals surface area (Å²) in [6, 6.07) is 12.7. The van der Waals surface area contributed by atoms with Crippen LogP contribution in [0.5, 0.6) is 11.6 Å². The molecule has 1 heterocycles. The van der Waals surface area contributed by atoms with Gasteiger partial charge in [0.1, 0.15) is 11.4 Å². The molecule has 0 saturated carbocycles. The zero-order valence-electron chi connectivity index (χ0n) is 13.1. The molecule has 0 fully saturated rings. The summed E-state index contributed by atoms with van der Waals surface area (Å²) in [6.45, 7) is 0. The number of hydrogen-bond acceptors (Lipinski definition) is 7. The summed E-state index contributed by atoms with van der Waals surface area (Å²) in [5.74, 6) is 0.447. The van der Waals surface area contributed by atoms with E-state index in [1.54, 1.807) is 31.4 Å². The van der Waals surface area contributed by atoms with E-state index in [2.05, 4.69) is 20.4 Å². The number of methoxy groups -OCH3 is 1. The quantitative estimate of drug-likeness (QED) is 0.411. The SMILES string of the molecule is COc1ccc(/N=N/c2c(-c3ccc([N+](=O)[O-])cc3)n[nH]c2O)cc1. The van der Waals surface area contributed by atoms with Crippen molar-refractivity contribution in [3.63, 3.8) is 0 Å². The van der Waals surface area contributed by atoms with E-state index in [1.165, 1.54) is 24.3 Å². The number of azo groups is 1. The maximum Gasteiger partial charge on any atom is 0.269 e. The number of nitrogens with zero attached hydrogens (tertiary/aromatic N) is 4. The smallest absolute Gasteiger partial charge is 0.269 e. The topological polar surface area (TPSA) is 126 Å². The molecule has 2 aromatic carbocycles. The van der Waals surface area contributed by atoms with E-state index in [9.17, 15) is 15.2 Å². The third-order valence-corrected chi connectivity index (χ3v) is 3.41. The average molecular weight is 339 g/mol. The van der Waals surface area contributed by atoms with Crippen LogP contribution in [-0.4, -0.2) is 27.3 Å². The van der Waals surface area contributed by atoms with E-state index in [1.807, 2.05) is 0 Å². The minimum atomic E-state index is -0.490. The molecule has 0 saturated heterocycles. The molecule has 0 aliphatic heterocycles. The number of hydrogen-bond donors (Lipinski definition) is 2. The Morgan fingerprint density at radius 3 is 2.40 bits per heavy atom. The van der Waals surface area contributed by atoms with E-state index in [-0.39, 0.29) is 17.3 Å². The molecule has 2 N–H and O–H groups in total. The van der Waals surface area contributed by atoms with E-state index in [0.717, 1.165) is 0 Å². The van der Waals surface area contributed by atoms with Crippen LogP contribution in [0.25, 0.3) is 11.3 Å². The fourth-order valence-corrected chi connectivity index (χ4v) is 2.12. The van der Waals surface area contributed by atoms with E-state index >= 15 is 0 Å². The van der Waals surface area contributed by atoms with Crippen molar-refractivity contribution in [3.05, 3.63) is 58.6 Å². The molecule has 126 valence electrons. The van der Waals surface area contributed by atoms with Gasteiger partial charge in [0, 0.05) is 17.7 Å². The van der Waals surface area contributed by atoms with Crippen LogP contribution in [0.4, 0.5) is 17.1 Å². The van der Waals surface area contributed by atoms with E-state index in [4.69, 9.17) is 4.74 Å². The Morgan fingerprint density at radius 1 is 1.12 bits per heavy atom. The van der Waals surface area contributed by atoms with Crippen LogP contribution < -0.4 is 4.74 Å². The Bertz CT molecular complexity index is 917. The highest BCUT2D eigenvalue weighted by molar-refractivity contribution is 5.75. The number of rotatable bonds is 5. The molecule has 3 rings (SSSR count). The molecule has 25 heavy (non-hydrogen) atoms. The summed E-state index contributed by atoms with van der Waals surface area (Å²) >= 11 is 0. The van der Waals surface area contributed by atoms with Crippen LogP contribution in [0.3, 0.4) is 0 Å². The first-order chi connectivity index (χ1) is 12.1. The lowest BCUT2D eigenvalue weighted by atomic mass is 10.1. The van der Waals surface area contributed by atoms with Crippen LogP contribution in [0.15, 0.2) is 58.8 Å². The number of H-pyrrole nitrogens is 1. The summed E-state index contributed by atoms with van der Waals surface area (Å²) in [7, 11) is 1.57. The summed E-state index contributed by atoms with van der Waals surface area (Å²) in [4.78, 5) is 10.2. The predicted molar refractivity (Wildman–Crippen MR) is 89.5 cm³/mol. The number of nitrogens with one attached hydrogen (secondary N) is 1. The summed E-state index contributed by atoms with van der Waals surface area (Å²) in [5.41, 5.74) is 1.57. The second-order valence-corrected chi connectivity index (χ2v) is 4.97. The normalized spacial score (nSPS) is 10.9. The number of aromatic hydroxyl groups is 1. The molecular formula is C16H13N5O4. The van der Waals surface area contributed by atoms with Gasteiger partial charge in [0.15, 0.2) is 5.69 Å². The van der Waals surface area contributed by atoms with Crippen molar-refractivity contribution in [2.45, 2.75) is 0 Å². The van der Waals surface area contributed by atoms with Gasteiger partial charge in [-0.05, 0) is 36.4 Å². The Balaban J connectivity index is 1.90. The number of nitro benzene ring substituents is 1. The number of benzene rings is 2. The first-order valence-electron chi connectivity index (χ1n) is 7.16. The zero-order valence-corrected chi connectivity index (χ0v) is 13.1. The van der Waals surface area contributed by atoms with Crippen LogP contribution in [0.2, 0.25) is 0 Å². The largest absolute Gasteiger partial charge is 0.497 e. The van der Waals surface area contributed by atoms with E-state index < -0.39 is 4.92 Å². The van der Waals surface area contributed by atoms with Crippen molar-refractivity contribution in [1.82, 2.24) is 10.2 Å². The lowest BCUT2D eigenvalue weighted by Gasteiger charge is -1.99. The van der Waals surface area contributed by atoms with E-state index in [0.29, 0.717) is 22.7 Å². The third kappa shape index (κ3) is 3.44. The molecule has 9 nitrogen and oxygen atoms in total. The highest BCUT2D eigenvalue weighted by Crippen LogP contribution is 2.37. The molecule has 0 atom stereocenters. The van der Waals surface area contributed by atoms with Crippen molar-refractivity contribution >= 4 is 17.1 Å². The Kier molecular flexibility index (Phi) is 4.38. The number of aromatic nitrogens is 2. The summed E-state index contributed by atoms with van der Waals surface area (Å²) < 4.78 is 5.07. The van der Waals surface area contributed by atoms with Gasteiger partial charge in [0.25, 0.3) is 5.69 Å². The van der Waals surface area contributed by atoms with Gasteiger partial charge < -0.3 is 9.84 Å². The minimum Gasteiger partial charge on any atom is -0.497 e. The zero-order chi connectivity index (χ0) is 17.8. The number of nitro groups is 1. The van der Waals surface area contributed by atoms with Crippen LogP contribution >= 0.6 is 0 Å². The second kappa shape index (κ2) is 6.79. The number of ether oxygens (including phenoxy) is 1. The van der Waals surface area contributed by atoms with Crippen molar-refractivity contribution in [2.24, 2.45) is 10.2 Å². The van der Waals surface area contributed by atoms with Crippen molar-refractivity contribution in [3.8, 4) is 22.9 Å². The summed E-state index contributed by atoms with van der Waals surface area (Å²) in [5, 5.41) is 35.1. The fraction of sp³-hybridized carbons (Fsp3) is 0.0625. The molecule has 0 aliphatic rings. The standard InChI is InChI=1S/C16H13N5O4/c1-25-13-8-4-11(5-9-13)17-19-15-14(18-20-16(15)22)10-2-6-12(7-3-10)21(23)24/h2-9H,1H3,(H2,18,20,22)/b19-17+. The van der Waals surface area contributed by atoms with Gasteiger partial charge in [-0.25, -0.2) is 5.10 Å². The summed E-state index contributed by atoms with van der Waals surface area (Å²) in [6.07, 6.45) is 0. The van der Waals surface area contributed by atoms with Crippen LogP contribution in [0, 0.1) is 10.1 Å². The van der Waals surface area contributed by atoms with Gasteiger partial charge in [-0.2, -0.15) is 10.2 Å². The molecule has 0 amide bonds. The Hall–Kier alpha value is -3.75. The second-order valence-electron chi connectivity index (χ2n) is 4.97. The van der Waals surface area contributed by atoms with Gasteiger partial charge in [-0.1, -0.05) is 0 Å². The molecule has 0 aliphatic carbocycles. The maximum atomic E-state index is 10.7. The molecule has 0 radical (unpaired) electrons. The van der Waals surface area contributed by atoms with Gasteiger partial charge >= 0.3 is 0 Å².